The van der Waals surface area contributed by atoms with Crippen LogP contribution >= 0.6 is 12.4 Å². The van der Waals surface area contributed by atoms with Crippen molar-refractivity contribution in [2.24, 2.45) is 5.73 Å². The summed E-state index contributed by atoms with van der Waals surface area (Å²) >= 11 is 0. The summed E-state index contributed by atoms with van der Waals surface area (Å²) in [5, 5.41) is 9.72. The molecule has 0 radical (unpaired) electrons. The molecule has 0 spiro atoms. The standard InChI is InChI=1S/C5H11NO2.ClH/c6-4-2-1-3-5(7)8;/h1-4,6H2,(H,7,8);1H/p-1. The first-order valence-corrected chi connectivity index (χ1v) is 2.67. The van der Waals surface area contributed by atoms with Gasteiger partial charge in [-0.15, -0.1) is 12.4 Å². The summed E-state index contributed by atoms with van der Waals surface area (Å²) in [6, 6.07) is 0. The van der Waals surface area contributed by atoms with Gasteiger partial charge < -0.3 is 15.6 Å². The van der Waals surface area contributed by atoms with E-state index in [9.17, 15) is 9.90 Å². The van der Waals surface area contributed by atoms with Crippen molar-refractivity contribution >= 4 is 18.4 Å². The van der Waals surface area contributed by atoms with Crippen molar-refractivity contribution in [3.63, 3.8) is 0 Å². The molecule has 9 heavy (non-hydrogen) atoms. The molecule has 2 N–H and O–H groups in total. The Hall–Kier alpha value is -0.280. The molecular weight excluding hydrogens is 142 g/mol. The molecule has 0 aromatic rings. The lowest BCUT2D eigenvalue weighted by atomic mass is 10.2. The van der Waals surface area contributed by atoms with Crippen LogP contribution < -0.4 is 10.8 Å². The number of hydrogen-bond donors (Lipinski definition) is 1. The molecule has 0 rings (SSSR count). The SMILES string of the molecule is Cl.NCCCCC(=O)[O-]. The molecule has 0 aliphatic rings. The summed E-state index contributed by atoms with van der Waals surface area (Å²) in [6.45, 7) is 0.563. The molecule has 0 bridgehead atoms. The van der Waals surface area contributed by atoms with Crippen LogP contribution in [0.2, 0.25) is 0 Å². The molecule has 0 aliphatic heterocycles. The zero-order valence-electron chi connectivity index (χ0n) is 5.13. The van der Waals surface area contributed by atoms with Gasteiger partial charge in [-0.2, -0.15) is 0 Å². The Morgan fingerprint density at radius 3 is 2.33 bits per heavy atom. The van der Waals surface area contributed by atoms with E-state index in [-0.39, 0.29) is 18.8 Å². The average Bonchev–Trinajstić information content (AvgIpc) is 1.66. The Balaban J connectivity index is 0. The maximum atomic E-state index is 9.72. The van der Waals surface area contributed by atoms with Gasteiger partial charge in [0.1, 0.15) is 0 Å². The van der Waals surface area contributed by atoms with Gasteiger partial charge in [-0.1, -0.05) is 0 Å². The summed E-state index contributed by atoms with van der Waals surface area (Å²) < 4.78 is 0. The smallest absolute Gasteiger partial charge is 0.0414 e. The van der Waals surface area contributed by atoms with Crippen LogP contribution in [0.5, 0.6) is 0 Å². The predicted molar refractivity (Wildman–Crippen MR) is 35.2 cm³/mol. The number of hydrogen-bond acceptors (Lipinski definition) is 3. The Kier molecular flexibility index (Phi) is 9.87. The minimum atomic E-state index is -0.988. The van der Waals surface area contributed by atoms with Crippen molar-refractivity contribution < 1.29 is 9.90 Å². The highest BCUT2D eigenvalue weighted by atomic mass is 35.5. The molecular formula is C5H11ClNO2-. The van der Waals surface area contributed by atoms with Gasteiger partial charge in [0.25, 0.3) is 0 Å². The number of halogens is 1. The van der Waals surface area contributed by atoms with E-state index in [0.29, 0.717) is 13.0 Å². The van der Waals surface area contributed by atoms with E-state index in [2.05, 4.69) is 0 Å². The van der Waals surface area contributed by atoms with Crippen LogP contribution in [0.1, 0.15) is 19.3 Å². The number of aliphatic carboxylic acids is 1. The highest BCUT2D eigenvalue weighted by Crippen LogP contribution is 1.89. The number of carbonyl (C=O) groups excluding carboxylic acids is 1. The summed E-state index contributed by atoms with van der Waals surface area (Å²) in [5.41, 5.74) is 5.10. The lowest BCUT2D eigenvalue weighted by molar-refractivity contribution is -0.305. The maximum Gasteiger partial charge on any atom is 0.0414 e. The Labute approximate surface area is 60.6 Å². The van der Waals surface area contributed by atoms with E-state index in [1.54, 1.807) is 0 Å². The monoisotopic (exact) mass is 152 g/mol. The van der Waals surface area contributed by atoms with Crippen molar-refractivity contribution in [2.75, 3.05) is 6.54 Å². The van der Waals surface area contributed by atoms with Crippen molar-refractivity contribution in [1.82, 2.24) is 0 Å². The zero-order chi connectivity index (χ0) is 6.41. The van der Waals surface area contributed by atoms with Crippen LogP contribution in [0.25, 0.3) is 0 Å². The second-order valence-corrected chi connectivity index (χ2v) is 1.62. The highest BCUT2D eigenvalue weighted by molar-refractivity contribution is 5.85. The highest BCUT2D eigenvalue weighted by Gasteiger charge is 1.84. The summed E-state index contributed by atoms with van der Waals surface area (Å²) in [4.78, 5) is 9.72. The molecule has 0 saturated carbocycles. The summed E-state index contributed by atoms with van der Waals surface area (Å²) in [5.74, 6) is -0.988. The number of unbranched alkanes of at least 4 members (excludes halogenated alkanes) is 1. The van der Waals surface area contributed by atoms with Gasteiger partial charge in [0.2, 0.25) is 0 Å². The second kappa shape index (κ2) is 7.72. The van der Waals surface area contributed by atoms with E-state index in [1.807, 2.05) is 0 Å². The quantitative estimate of drug-likeness (QED) is 0.541. The van der Waals surface area contributed by atoms with E-state index in [0.717, 1.165) is 6.42 Å². The Morgan fingerprint density at radius 1 is 1.44 bits per heavy atom. The van der Waals surface area contributed by atoms with Crippen LogP contribution in [0.4, 0.5) is 0 Å². The third-order valence-corrected chi connectivity index (χ3v) is 0.835. The maximum absolute atomic E-state index is 9.72. The molecule has 0 aliphatic carbocycles. The number of carboxylic acids is 1. The first-order valence-electron chi connectivity index (χ1n) is 2.67. The number of carboxylic acid groups (broad SMARTS) is 1. The van der Waals surface area contributed by atoms with Gasteiger partial charge >= 0.3 is 0 Å². The number of rotatable bonds is 4. The van der Waals surface area contributed by atoms with Crippen LogP contribution in [0.15, 0.2) is 0 Å². The fourth-order valence-electron chi connectivity index (χ4n) is 0.414. The fraction of sp³-hybridized carbons (Fsp3) is 0.800. The normalized spacial score (nSPS) is 8.11. The van der Waals surface area contributed by atoms with Gasteiger partial charge in [-0.05, 0) is 25.8 Å². The van der Waals surface area contributed by atoms with Gasteiger partial charge in [-0.25, -0.2) is 0 Å². The largest absolute Gasteiger partial charge is 0.550 e. The third-order valence-electron chi connectivity index (χ3n) is 0.835. The van der Waals surface area contributed by atoms with Gasteiger partial charge in [-0.3, -0.25) is 0 Å². The molecule has 0 amide bonds. The Bertz CT molecular complexity index is 77.4. The fourth-order valence-corrected chi connectivity index (χ4v) is 0.414. The topological polar surface area (TPSA) is 66.2 Å². The van der Waals surface area contributed by atoms with E-state index in [1.165, 1.54) is 0 Å². The Morgan fingerprint density at radius 2 is 2.00 bits per heavy atom. The molecule has 0 atom stereocenters. The molecule has 0 unspecified atom stereocenters. The minimum Gasteiger partial charge on any atom is -0.550 e. The van der Waals surface area contributed by atoms with Crippen molar-refractivity contribution in [2.45, 2.75) is 19.3 Å². The van der Waals surface area contributed by atoms with Crippen molar-refractivity contribution in [1.29, 1.82) is 0 Å². The molecule has 4 heteroatoms. The predicted octanol–water partition coefficient (Wildman–Crippen LogP) is -0.713. The third kappa shape index (κ3) is 11.3. The second-order valence-electron chi connectivity index (χ2n) is 1.62. The molecule has 0 aromatic heterocycles. The molecule has 0 fully saturated rings. The first-order chi connectivity index (χ1) is 3.77. The van der Waals surface area contributed by atoms with Crippen LogP contribution in [0.3, 0.4) is 0 Å². The van der Waals surface area contributed by atoms with E-state index < -0.39 is 5.97 Å². The summed E-state index contributed by atoms with van der Waals surface area (Å²) in [6.07, 6.45) is 1.55. The first kappa shape index (κ1) is 11.5. The summed E-state index contributed by atoms with van der Waals surface area (Å²) in [7, 11) is 0. The molecule has 3 nitrogen and oxygen atoms in total. The number of nitrogens with two attached hydrogens (primary N) is 1. The van der Waals surface area contributed by atoms with E-state index in [4.69, 9.17) is 5.73 Å². The van der Waals surface area contributed by atoms with Crippen LogP contribution in [-0.2, 0) is 4.79 Å². The van der Waals surface area contributed by atoms with E-state index >= 15 is 0 Å². The van der Waals surface area contributed by atoms with Crippen LogP contribution in [-0.4, -0.2) is 12.5 Å². The lowest BCUT2D eigenvalue weighted by Crippen LogP contribution is -2.21. The minimum absolute atomic E-state index is 0. The van der Waals surface area contributed by atoms with Crippen molar-refractivity contribution in [3.8, 4) is 0 Å². The molecule has 0 heterocycles. The lowest BCUT2D eigenvalue weighted by Gasteiger charge is -1.97. The average molecular weight is 153 g/mol. The molecule has 0 aromatic carbocycles. The van der Waals surface area contributed by atoms with Gasteiger partial charge in [0.05, 0.1) is 0 Å². The zero-order valence-corrected chi connectivity index (χ0v) is 5.95. The number of carbonyl (C=O) groups is 1. The van der Waals surface area contributed by atoms with Gasteiger partial charge in [0.15, 0.2) is 0 Å². The van der Waals surface area contributed by atoms with Crippen LogP contribution in [0, 0.1) is 0 Å². The van der Waals surface area contributed by atoms with Gasteiger partial charge in [0, 0.05) is 5.97 Å². The van der Waals surface area contributed by atoms with Crippen molar-refractivity contribution in [3.05, 3.63) is 0 Å². The molecule has 0 saturated heterocycles. The molecule has 56 valence electrons.